The summed E-state index contributed by atoms with van der Waals surface area (Å²) < 4.78 is 6.09. The Morgan fingerprint density at radius 2 is 1.79 bits per heavy atom. The van der Waals surface area contributed by atoms with Gasteiger partial charge in [-0.05, 0) is 38.6 Å². The van der Waals surface area contributed by atoms with Crippen LogP contribution in [0.1, 0.15) is 84.0 Å². The Morgan fingerprint density at radius 1 is 1.05 bits per heavy atom. The summed E-state index contributed by atoms with van der Waals surface area (Å²) in [4.78, 5) is 0. The zero-order valence-corrected chi connectivity index (χ0v) is 12.9. The van der Waals surface area contributed by atoms with E-state index in [4.69, 9.17) is 4.74 Å². The number of unbranched alkanes of at least 4 members (excludes halogenated alkanes) is 5. The molecular weight excluding hydrogens is 234 g/mol. The van der Waals surface area contributed by atoms with Crippen LogP contribution in [-0.2, 0) is 4.74 Å². The predicted octanol–water partition coefficient (Wildman–Crippen LogP) is 4.43. The van der Waals surface area contributed by atoms with Crippen molar-refractivity contribution in [2.45, 2.75) is 95.6 Å². The number of hydrogen-bond donors (Lipinski definition) is 1. The third-order valence-corrected chi connectivity index (χ3v) is 4.97. The number of ether oxygens (including phenoxy) is 1. The van der Waals surface area contributed by atoms with E-state index in [0.717, 1.165) is 12.6 Å². The zero-order valence-electron chi connectivity index (χ0n) is 12.9. The molecule has 1 spiro atoms. The van der Waals surface area contributed by atoms with E-state index in [-0.39, 0.29) is 5.60 Å². The highest BCUT2D eigenvalue weighted by atomic mass is 16.5. The van der Waals surface area contributed by atoms with E-state index in [1.54, 1.807) is 0 Å². The van der Waals surface area contributed by atoms with Crippen molar-refractivity contribution >= 4 is 0 Å². The molecule has 19 heavy (non-hydrogen) atoms. The molecule has 0 aromatic carbocycles. The van der Waals surface area contributed by atoms with Crippen molar-refractivity contribution in [2.75, 3.05) is 13.2 Å². The molecular formula is C17H33NO. The van der Waals surface area contributed by atoms with Gasteiger partial charge in [0.1, 0.15) is 0 Å². The van der Waals surface area contributed by atoms with Gasteiger partial charge in [0.2, 0.25) is 0 Å². The van der Waals surface area contributed by atoms with E-state index in [9.17, 15) is 0 Å². The maximum Gasteiger partial charge on any atom is 0.0697 e. The second-order valence-corrected chi connectivity index (χ2v) is 6.65. The van der Waals surface area contributed by atoms with Crippen LogP contribution < -0.4 is 5.32 Å². The first-order valence-corrected chi connectivity index (χ1v) is 8.72. The van der Waals surface area contributed by atoms with Gasteiger partial charge in [0.05, 0.1) is 5.60 Å². The molecule has 2 heteroatoms. The van der Waals surface area contributed by atoms with Crippen LogP contribution in [0, 0.1) is 0 Å². The summed E-state index contributed by atoms with van der Waals surface area (Å²) in [7, 11) is 0. The third-order valence-electron chi connectivity index (χ3n) is 4.97. The van der Waals surface area contributed by atoms with Crippen LogP contribution in [0.25, 0.3) is 0 Å². The first-order valence-electron chi connectivity index (χ1n) is 8.72. The molecule has 1 atom stereocenters. The average Bonchev–Trinajstić information content (AvgIpc) is 2.86. The molecule has 1 saturated heterocycles. The molecule has 0 aromatic heterocycles. The van der Waals surface area contributed by atoms with Crippen LogP contribution in [-0.4, -0.2) is 24.8 Å². The quantitative estimate of drug-likeness (QED) is 0.657. The molecule has 2 aliphatic rings. The lowest BCUT2D eigenvalue weighted by atomic mass is 9.89. The molecule has 1 unspecified atom stereocenters. The second kappa shape index (κ2) is 8.26. The Kier molecular flexibility index (Phi) is 6.66. The van der Waals surface area contributed by atoms with Gasteiger partial charge in [-0.15, -0.1) is 0 Å². The molecule has 1 N–H and O–H groups in total. The molecule has 0 radical (unpaired) electrons. The third kappa shape index (κ3) is 5.07. The fourth-order valence-electron chi connectivity index (χ4n) is 3.78. The summed E-state index contributed by atoms with van der Waals surface area (Å²) in [6, 6.07) is 0.725. The van der Waals surface area contributed by atoms with Crippen molar-refractivity contribution in [3.05, 3.63) is 0 Å². The minimum Gasteiger partial charge on any atom is -0.375 e. The summed E-state index contributed by atoms with van der Waals surface area (Å²) in [6.07, 6.45) is 16.2. The lowest BCUT2D eigenvalue weighted by Crippen LogP contribution is -2.45. The Labute approximate surface area is 119 Å². The van der Waals surface area contributed by atoms with Crippen molar-refractivity contribution in [3.63, 3.8) is 0 Å². The minimum atomic E-state index is 0.275. The Balaban J connectivity index is 1.53. The van der Waals surface area contributed by atoms with E-state index in [1.807, 2.05) is 0 Å². The summed E-state index contributed by atoms with van der Waals surface area (Å²) >= 11 is 0. The lowest BCUT2D eigenvalue weighted by Gasteiger charge is -2.38. The standard InChI is InChI=1S/C17H33NO/c1-2-3-4-5-6-9-13-18-16-10-14-19-17(15-16)11-7-8-12-17/h16,18H,2-15H2,1H3. The van der Waals surface area contributed by atoms with Gasteiger partial charge in [-0.25, -0.2) is 0 Å². The molecule has 0 bridgehead atoms. The SMILES string of the molecule is CCCCCCCCNC1CCOC2(CCCC2)C1. The van der Waals surface area contributed by atoms with Crippen molar-refractivity contribution in [2.24, 2.45) is 0 Å². The minimum absolute atomic E-state index is 0.275. The van der Waals surface area contributed by atoms with E-state index in [0.29, 0.717) is 0 Å². The molecule has 2 nitrogen and oxygen atoms in total. The summed E-state index contributed by atoms with van der Waals surface area (Å²) in [5.41, 5.74) is 0.275. The van der Waals surface area contributed by atoms with E-state index in [1.165, 1.54) is 83.6 Å². The molecule has 2 rings (SSSR count). The Bertz CT molecular complexity index is 235. The van der Waals surface area contributed by atoms with Crippen molar-refractivity contribution in [1.29, 1.82) is 0 Å². The Morgan fingerprint density at radius 3 is 2.58 bits per heavy atom. The molecule has 1 aliphatic heterocycles. The van der Waals surface area contributed by atoms with Gasteiger partial charge in [-0.2, -0.15) is 0 Å². The monoisotopic (exact) mass is 267 g/mol. The molecule has 1 heterocycles. The summed E-state index contributed by atoms with van der Waals surface area (Å²) in [6.45, 7) is 4.48. The van der Waals surface area contributed by atoms with Crippen LogP contribution >= 0.6 is 0 Å². The first-order chi connectivity index (χ1) is 9.35. The fourth-order valence-corrected chi connectivity index (χ4v) is 3.78. The average molecular weight is 267 g/mol. The van der Waals surface area contributed by atoms with Gasteiger partial charge in [0, 0.05) is 12.6 Å². The fraction of sp³-hybridized carbons (Fsp3) is 1.00. The van der Waals surface area contributed by atoms with Gasteiger partial charge in [0.15, 0.2) is 0 Å². The van der Waals surface area contributed by atoms with Crippen LogP contribution in [0.3, 0.4) is 0 Å². The van der Waals surface area contributed by atoms with Crippen molar-refractivity contribution in [1.82, 2.24) is 5.32 Å². The highest BCUT2D eigenvalue weighted by Gasteiger charge is 2.39. The molecule has 2 fully saturated rings. The topological polar surface area (TPSA) is 21.3 Å². The molecule has 0 aromatic rings. The number of nitrogens with one attached hydrogen (secondary N) is 1. The molecule has 112 valence electrons. The maximum absolute atomic E-state index is 6.09. The Hall–Kier alpha value is -0.0800. The van der Waals surface area contributed by atoms with Gasteiger partial charge >= 0.3 is 0 Å². The number of rotatable bonds is 8. The van der Waals surface area contributed by atoms with Crippen molar-refractivity contribution in [3.8, 4) is 0 Å². The maximum atomic E-state index is 6.09. The normalized spacial score (nSPS) is 26.1. The summed E-state index contributed by atoms with van der Waals surface area (Å²) in [5, 5.41) is 3.78. The predicted molar refractivity (Wildman–Crippen MR) is 81.6 cm³/mol. The zero-order chi connectivity index (χ0) is 13.4. The van der Waals surface area contributed by atoms with Crippen molar-refractivity contribution < 1.29 is 4.74 Å². The smallest absolute Gasteiger partial charge is 0.0697 e. The number of hydrogen-bond acceptors (Lipinski definition) is 2. The molecule has 1 saturated carbocycles. The van der Waals surface area contributed by atoms with E-state index in [2.05, 4.69) is 12.2 Å². The molecule has 1 aliphatic carbocycles. The second-order valence-electron chi connectivity index (χ2n) is 6.65. The van der Waals surface area contributed by atoms with Gasteiger partial charge in [0.25, 0.3) is 0 Å². The van der Waals surface area contributed by atoms with Crippen LogP contribution in [0.5, 0.6) is 0 Å². The van der Waals surface area contributed by atoms with E-state index >= 15 is 0 Å². The largest absolute Gasteiger partial charge is 0.375 e. The molecule has 0 amide bonds. The first kappa shape index (κ1) is 15.3. The van der Waals surface area contributed by atoms with Gasteiger partial charge in [-0.1, -0.05) is 51.9 Å². The lowest BCUT2D eigenvalue weighted by molar-refractivity contribution is -0.0835. The van der Waals surface area contributed by atoms with Gasteiger partial charge in [-0.3, -0.25) is 0 Å². The van der Waals surface area contributed by atoms with Crippen LogP contribution in [0.2, 0.25) is 0 Å². The summed E-state index contributed by atoms with van der Waals surface area (Å²) in [5.74, 6) is 0. The van der Waals surface area contributed by atoms with E-state index < -0.39 is 0 Å². The highest BCUT2D eigenvalue weighted by Crippen LogP contribution is 2.39. The van der Waals surface area contributed by atoms with Crippen LogP contribution in [0.15, 0.2) is 0 Å². The van der Waals surface area contributed by atoms with Gasteiger partial charge < -0.3 is 10.1 Å². The highest BCUT2D eigenvalue weighted by molar-refractivity contribution is 4.93. The van der Waals surface area contributed by atoms with Crippen LogP contribution in [0.4, 0.5) is 0 Å².